The molecule has 0 saturated carbocycles. The Morgan fingerprint density at radius 2 is 1.91 bits per heavy atom. The summed E-state index contributed by atoms with van der Waals surface area (Å²) in [6, 6.07) is 12.8. The lowest BCUT2D eigenvalue weighted by molar-refractivity contribution is -0.132. The van der Waals surface area contributed by atoms with E-state index in [0.717, 1.165) is 21.3 Å². The van der Waals surface area contributed by atoms with Gasteiger partial charge < -0.3 is 9.52 Å². The van der Waals surface area contributed by atoms with Gasteiger partial charge in [0.05, 0.1) is 22.1 Å². The Morgan fingerprint density at radius 3 is 2.59 bits per heavy atom. The fraction of sp³-hybridized carbons (Fsp3) is 0.125. The van der Waals surface area contributed by atoms with Crippen molar-refractivity contribution in [3.8, 4) is 0 Å². The van der Waals surface area contributed by atoms with E-state index in [4.69, 9.17) is 16.0 Å². The van der Waals surface area contributed by atoms with Crippen LogP contribution in [0, 0.1) is 13.8 Å². The van der Waals surface area contributed by atoms with E-state index in [9.17, 15) is 14.7 Å². The molecule has 4 aromatic rings. The summed E-state index contributed by atoms with van der Waals surface area (Å²) in [5, 5.41) is 11.9. The van der Waals surface area contributed by atoms with E-state index in [1.54, 1.807) is 36.4 Å². The first-order valence-electron chi connectivity index (χ1n) is 9.83. The van der Waals surface area contributed by atoms with Crippen molar-refractivity contribution in [1.29, 1.82) is 0 Å². The molecule has 5 rings (SSSR count). The van der Waals surface area contributed by atoms with Crippen molar-refractivity contribution in [3.63, 3.8) is 0 Å². The summed E-state index contributed by atoms with van der Waals surface area (Å²) in [6.45, 7) is 3.95. The third-order valence-corrected chi connectivity index (χ3v) is 6.65. The first-order chi connectivity index (χ1) is 15.3. The molecule has 160 valence electrons. The molecule has 1 saturated heterocycles. The van der Waals surface area contributed by atoms with Gasteiger partial charge in [0.1, 0.15) is 17.6 Å². The molecule has 1 atom stereocenters. The van der Waals surface area contributed by atoms with Gasteiger partial charge in [-0.2, -0.15) is 0 Å². The predicted octanol–water partition coefficient (Wildman–Crippen LogP) is 5.79. The quantitative estimate of drug-likeness (QED) is 0.236. The predicted molar refractivity (Wildman–Crippen MR) is 124 cm³/mol. The summed E-state index contributed by atoms with van der Waals surface area (Å²) in [5.74, 6) is -1.51. The number of benzene rings is 2. The largest absolute Gasteiger partial charge is 0.507 e. The van der Waals surface area contributed by atoms with Crippen LogP contribution in [0.5, 0.6) is 0 Å². The number of Topliss-reactive ketones (excluding diaryl/α,β-unsaturated/α-hetero) is 1. The fourth-order valence-electron chi connectivity index (χ4n) is 3.97. The van der Waals surface area contributed by atoms with Crippen molar-refractivity contribution in [2.75, 3.05) is 4.90 Å². The van der Waals surface area contributed by atoms with Gasteiger partial charge in [0, 0.05) is 10.6 Å². The highest BCUT2D eigenvalue weighted by atomic mass is 35.5. The van der Waals surface area contributed by atoms with E-state index in [1.165, 1.54) is 22.5 Å². The molecular weight excluding hydrogens is 448 g/mol. The van der Waals surface area contributed by atoms with E-state index < -0.39 is 17.7 Å². The number of rotatable bonds is 3. The molecule has 32 heavy (non-hydrogen) atoms. The molecular formula is C24H17ClN2O4S. The van der Waals surface area contributed by atoms with E-state index in [-0.39, 0.29) is 11.3 Å². The number of carbonyl (C=O) groups is 2. The molecule has 6 nitrogen and oxygen atoms in total. The first-order valence-corrected chi connectivity index (χ1v) is 11.0. The molecule has 1 unspecified atom stereocenters. The van der Waals surface area contributed by atoms with Crippen LogP contribution in [0.4, 0.5) is 5.13 Å². The van der Waals surface area contributed by atoms with Crippen molar-refractivity contribution in [2.24, 2.45) is 0 Å². The number of aryl methyl sites for hydroxylation is 2. The average Bonchev–Trinajstić information content (AvgIpc) is 3.47. The smallest absolute Gasteiger partial charge is 0.302 e. The topological polar surface area (TPSA) is 83.6 Å². The lowest BCUT2D eigenvalue weighted by Crippen LogP contribution is -2.29. The lowest BCUT2D eigenvalue weighted by Gasteiger charge is -2.20. The van der Waals surface area contributed by atoms with E-state index in [1.807, 2.05) is 26.0 Å². The highest BCUT2D eigenvalue weighted by molar-refractivity contribution is 7.22. The van der Waals surface area contributed by atoms with Crippen LogP contribution in [0.25, 0.3) is 16.0 Å². The third kappa shape index (κ3) is 3.21. The molecule has 1 aliphatic rings. The van der Waals surface area contributed by atoms with Gasteiger partial charge in [0.25, 0.3) is 5.78 Å². The maximum atomic E-state index is 13.2. The Kier molecular flexibility index (Phi) is 4.87. The second-order valence-corrected chi connectivity index (χ2v) is 9.06. The minimum Gasteiger partial charge on any atom is -0.507 e. The first kappa shape index (κ1) is 20.5. The van der Waals surface area contributed by atoms with Gasteiger partial charge in [-0.25, -0.2) is 4.98 Å². The van der Waals surface area contributed by atoms with E-state index in [2.05, 4.69) is 4.98 Å². The molecule has 1 aliphatic heterocycles. The number of nitrogens with zero attached hydrogens (tertiary/aromatic N) is 2. The van der Waals surface area contributed by atoms with Crippen LogP contribution in [0.3, 0.4) is 0 Å². The number of anilines is 1. The number of halogens is 1. The van der Waals surface area contributed by atoms with E-state index >= 15 is 0 Å². The number of fused-ring (bicyclic) bond motifs is 1. The molecule has 0 spiro atoms. The zero-order valence-corrected chi connectivity index (χ0v) is 18.7. The van der Waals surface area contributed by atoms with Crippen molar-refractivity contribution >= 4 is 55.7 Å². The highest BCUT2D eigenvalue weighted by Crippen LogP contribution is 2.44. The minimum atomic E-state index is -0.942. The molecule has 3 heterocycles. The molecule has 0 aliphatic carbocycles. The van der Waals surface area contributed by atoms with Crippen molar-refractivity contribution < 1.29 is 19.1 Å². The van der Waals surface area contributed by atoms with Crippen LogP contribution >= 0.6 is 22.9 Å². The van der Waals surface area contributed by atoms with Crippen LogP contribution in [-0.2, 0) is 9.59 Å². The maximum Gasteiger partial charge on any atom is 0.302 e. The van der Waals surface area contributed by atoms with Crippen LogP contribution in [0.2, 0.25) is 5.02 Å². The van der Waals surface area contributed by atoms with Gasteiger partial charge >= 0.3 is 5.91 Å². The Morgan fingerprint density at radius 1 is 1.16 bits per heavy atom. The Labute approximate surface area is 192 Å². The number of thiazole rings is 1. The molecule has 2 aromatic carbocycles. The van der Waals surface area contributed by atoms with Crippen LogP contribution in [0.1, 0.15) is 28.5 Å². The van der Waals surface area contributed by atoms with Gasteiger partial charge in [-0.3, -0.25) is 14.5 Å². The molecule has 0 bridgehead atoms. The highest BCUT2D eigenvalue weighted by Gasteiger charge is 2.49. The van der Waals surface area contributed by atoms with E-state index in [0.29, 0.717) is 21.5 Å². The van der Waals surface area contributed by atoms with Gasteiger partial charge in [-0.05, 0) is 67.4 Å². The number of aromatic nitrogens is 1. The number of carbonyl (C=O) groups excluding carboxylic acids is 2. The molecule has 1 fully saturated rings. The number of ketones is 1. The maximum absolute atomic E-state index is 13.2. The van der Waals surface area contributed by atoms with Crippen LogP contribution in [-0.4, -0.2) is 21.8 Å². The summed E-state index contributed by atoms with van der Waals surface area (Å²) in [6.07, 6.45) is 1.46. The van der Waals surface area contributed by atoms with Crippen molar-refractivity contribution in [3.05, 3.63) is 87.8 Å². The second-order valence-electron chi connectivity index (χ2n) is 7.62. The van der Waals surface area contributed by atoms with Crippen LogP contribution < -0.4 is 4.90 Å². The zero-order chi connectivity index (χ0) is 22.6. The van der Waals surface area contributed by atoms with Crippen molar-refractivity contribution in [1.82, 2.24) is 4.98 Å². The number of hydrogen-bond acceptors (Lipinski definition) is 6. The standard InChI is InChI=1S/C24H17ClN2O4S/c1-12-10-13(2)19-17(11-12)32-24(26-19)27-20(16-4-3-9-31-16)18(22(29)23(27)30)21(28)14-5-7-15(25)8-6-14/h3-11,20,28H,1-2H3. The van der Waals surface area contributed by atoms with Gasteiger partial charge in [-0.1, -0.05) is 29.0 Å². The Bertz CT molecular complexity index is 1400. The fourth-order valence-corrected chi connectivity index (χ4v) is 5.27. The number of furan rings is 1. The monoisotopic (exact) mass is 464 g/mol. The summed E-state index contributed by atoms with van der Waals surface area (Å²) in [5.41, 5.74) is 3.15. The molecule has 2 aromatic heterocycles. The SMILES string of the molecule is Cc1cc(C)c2nc(N3C(=O)C(=O)C(=C(O)c4ccc(Cl)cc4)C3c3ccco3)sc2c1. The summed E-state index contributed by atoms with van der Waals surface area (Å²) >= 11 is 7.27. The van der Waals surface area contributed by atoms with Gasteiger partial charge in [0.2, 0.25) is 0 Å². The summed E-state index contributed by atoms with van der Waals surface area (Å²) in [4.78, 5) is 32.3. The van der Waals surface area contributed by atoms with Crippen molar-refractivity contribution in [2.45, 2.75) is 19.9 Å². The number of amides is 1. The molecule has 1 amide bonds. The second kappa shape index (κ2) is 7.62. The molecule has 1 N–H and O–H groups in total. The Balaban J connectivity index is 1.72. The summed E-state index contributed by atoms with van der Waals surface area (Å²) < 4.78 is 6.49. The third-order valence-electron chi connectivity index (χ3n) is 5.40. The van der Waals surface area contributed by atoms with Gasteiger partial charge in [0.15, 0.2) is 5.13 Å². The summed E-state index contributed by atoms with van der Waals surface area (Å²) in [7, 11) is 0. The number of hydrogen-bond donors (Lipinski definition) is 1. The van der Waals surface area contributed by atoms with Gasteiger partial charge in [-0.15, -0.1) is 0 Å². The van der Waals surface area contributed by atoms with Crippen LogP contribution in [0.15, 0.2) is 64.8 Å². The minimum absolute atomic E-state index is 0.0561. The number of aliphatic hydroxyl groups is 1. The lowest BCUT2D eigenvalue weighted by atomic mass is 9.99. The molecule has 0 radical (unpaired) electrons. The number of aliphatic hydroxyl groups excluding tert-OH is 1. The Hall–Kier alpha value is -3.42. The zero-order valence-electron chi connectivity index (χ0n) is 17.1. The average molecular weight is 465 g/mol. The normalized spacial score (nSPS) is 18.1. The molecule has 8 heteroatoms.